The number of carbonyl (C=O) groups is 1. The molecule has 112 valence electrons. The first-order chi connectivity index (χ1) is 10.2. The summed E-state index contributed by atoms with van der Waals surface area (Å²) < 4.78 is 5.29. The third kappa shape index (κ3) is 2.53. The highest BCUT2D eigenvalue weighted by molar-refractivity contribution is 5.82. The highest BCUT2D eigenvalue weighted by Crippen LogP contribution is 2.32. The topological polar surface area (TPSA) is 58.2 Å². The summed E-state index contributed by atoms with van der Waals surface area (Å²) in [7, 11) is 1.60. The molecule has 2 atom stereocenters. The zero-order valence-electron chi connectivity index (χ0n) is 12.5. The van der Waals surface area contributed by atoms with Gasteiger partial charge in [-0.1, -0.05) is 19.1 Å². The molecule has 0 radical (unpaired) electrons. The highest BCUT2D eigenvalue weighted by Gasteiger charge is 2.35. The number of amides is 1. The van der Waals surface area contributed by atoms with E-state index < -0.39 is 0 Å². The molecule has 1 aromatic carbocycles. The Morgan fingerprint density at radius 2 is 2.33 bits per heavy atom. The zero-order valence-corrected chi connectivity index (χ0v) is 12.5. The zero-order chi connectivity index (χ0) is 14.8. The lowest BCUT2D eigenvalue weighted by Gasteiger charge is -2.26. The van der Waals surface area contributed by atoms with Crippen LogP contribution in [0, 0.1) is 0 Å². The number of H-pyrrole nitrogens is 1. The summed E-state index contributed by atoms with van der Waals surface area (Å²) in [6, 6.07) is 7.99. The summed E-state index contributed by atoms with van der Waals surface area (Å²) in [6.07, 6.45) is 2.30. The maximum absolute atomic E-state index is 12.6. The fourth-order valence-electron chi connectivity index (χ4n) is 3.07. The number of nitrogens with zero attached hydrogens (tertiary/aromatic N) is 2. The molecule has 1 aliphatic rings. The Bertz CT molecular complexity index is 600. The fourth-order valence-corrected chi connectivity index (χ4v) is 3.07. The molecule has 1 amide bonds. The van der Waals surface area contributed by atoms with Crippen LogP contribution in [0.1, 0.15) is 38.1 Å². The van der Waals surface area contributed by atoms with E-state index in [1.165, 1.54) is 0 Å². The Hall–Kier alpha value is -1.88. The second-order valence-electron chi connectivity index (χ2n) is 5.46. The van der Waals surface area contributed by atoms with Crippen molar-refractivity contribution in [1.29, 1.82) is 0 Å². The Morgan fingerprint density at radius 1 is 1.52 bits per heavy atom. The molecule has 0 saturated carbocycles. The molecule has 2 aromatic rings. The largest absolute Gasteiger partial charge is 0.372 e. The number of para-hydroxylation sites is 2. The Morgan fingerprint density at radius 3 is 3.05 bits per heavy atom. The number of hydrogen-bond acceptors (Lipinski definition) is 3. The van der Waals surface area contributed by atoms with Gasteiger partial charge in [0.25, 0.3) is 5.91 Å². The Labute approximate surface area is 124 Å². The van der Waals surface area contributed by atoms with Crippen molar-refractivity contribution in [2.45, 2.75) is 38.3 Å². The van der Waals surface area contributed by atoms with Crippen molar-refractivity contribution in [2.75, 3.05) is 13.7 Å². The second kappa shape index (κ2) is 5.85. The molecule has 0 spiro atoms. The second-order valence-corrected chi connectivity index (χ2v) is 5.46. The molecule has 5 nitrogen and oxygen atoms in total. The maximum atomic E-state index is 12.6. The molecule has 5 heteroatoms. The van der Waals surface area contributed by atoms with Crippen LogP contribution in [-0.2, 0) is 9.53 Å². The summed E-state index contributed by atoms with van der Waals surface area (Å²) in [4.78, 5) is 22.5. The number of hydrogen-bond donors (Lipinski definition) is 1. The lowest BCUT2D eigenvalue weighted by atomic mass is 10.2. The third-order valence-electron chi connectivity index (χ3n) is 4.19. The summed E-state index contributed by atoms with van der Waals surface area (Å²) in [5.41, 5.74) is 1.97. The molecule has 1 saturated heterocycles. The first-order valence-corrected chi connectivity index (χ1v) is 7.52. The Balaban J connectivity index is 1.88. The molecule has 2 heterocycles. The van der Waals surface area contributed by atoms with Crippen LogP contribution in [0.5, 0.6) is 0 Å². The van der Waals surface area contributed by atoms with E-state index in [2.05, 4.69) is 9.97 Å². The molecule has 3 rings (SSSR count). The van der Waals surface area contributed by atoms with Gasteiger partial charge >= 0.3 is 0 Å². The lowest BCUT2D eigenvalue weighted by Crippen LogP contribution is -2.39. The molecule has 0 aliphatic carbocycles. The third-order valence-corrected chi connectivity index (χ3v) is 4.19. The maximum Gasteiger partial charge on any atom is 0.252 e. The van der Waals surface area contributed by atoms with Crippen LogP contribution in [0.4, 0.5) is 0 Å². The van der Waals surface area contributed by atoms with Crippen molar-refractivity contribution in [3.05, 3.63) is 30.1 Å². The number of imidazole rings is 1. The molecule has 1 aliphatic heterocycles. The quantitative estimate of drug-likeness (QED) is 0.940. The predicted molar refractivity (Wildman–Crippen MR) is 80.9 cm³/mol. The molecule has 1 aromatic heterocycles. The molecule has 1 fully saturated rings. The summed E-state index contributed by atoms with van der Waals surface area (Å²) in [5.74, 6) is 0.955. The van der Waals surface area contributed by atoms with Gasteiger partial charge < -0.3 is 14.6 Å². The smallest absolute Gasteiger partial charge is 0.252 e. The molecular weight excluding hydrogens is 266 g/mol. The van der Waals surface area contributed by atoms with Crippen LogP contribution < -0.4 is 0 Å². The standard InChI is InChI=1S/C16H21N3O2/c1-3-14(21-2)16(20)19-10-6-9-13(19)15-17-11-7-4-5-8-12(11)18-15/h4-5,7-8,13-14H,3,6,9-10H2,1-2H3,(H,17,18)/t13-,14-/m1/s1. The van der Waals surface area contributed by atoms with Gasteiger partial charge in [0.05, 0.1) is 17.1 Å². The number of carbonyl (C=O) groups excluding carboxylic acids is 1. The number of ether oxygens (including phenoxy) is 1. The average molecular weight is 287 g/mol. The number of methoxy groups -OCH3 is 1. The van der Waals surface area contributed by atoms with Gasteiger partial charge in [-0.2, -0.15) is 0 Å². The molecule has 0 bridgehead atoms. The number of aromatic amines is 1. The van der Waals surface area contributed by atoms with E-state index >= 15 is 0 Å². The normalized spacial score (nSPS) is 20.1. The number of benzene rings is 1. The van der Waals surface area contributed by atoms with E-state index in [1.54, 1.807) is 7.11 Å². The average Bonchev–Trinajstić information content (AvgIpc) is 3.14. The van der Waals surface area contributed by atoms with Crippen LogP contribution in [-0.4, -0.2) is 40.5 Å². The van der Waals surface area contributed by atoms with Crippen LogP contribution in [0.25, 0.3) is 11.0 Å². The van der Waals surface area contributed by atoms with Gasteiger partial charge in [0.1, 0.15) is 11.9 Å². The van der Waals surface area contributed by atoms with Gasteiger partial charge in [-0.15, -0.1) is 0 Å². The van der Waals surface area contributed by atoms with Crippen molar-refractivity contribution >= 4 is 16.9 Å². The first kappa shape index (κ1) is 14.1. The molecular formula is C16H21N3O2. The van der Waals surface area contributed by atoms with Crippen molar-refractivity contribution in [3.8, 4) is 0 Å². The van der Waals surface area contributed by atoms with Crippen LogP contribution in [0.3, 0.4) is 0 Å². The minimum atomic E-state index is -0.352. The number of nitrogens with one attached hydrogen (secondary N) is 1. The number of aromatic nitrogens is 2. The van der Waals surface area contributed by atoms with E-state index in [0.29, 0.717) is 6.42 Å². The Kier molecular flexibility index (Phi) is 3.92. The van der Waals surface area contributed by atoms with Crippen molar-refractivity contribution in [1.82, 2.24) is 14.9 Å². The van der Waals surface area contributed by atoms with Gasteiger partial charge in [0.15, 0.2) is 0 Å². The van der Waals surface area contributed by atoms with E-state index in [-0.39, 0.29) is 18.1 Å². The first-order valence-electron chi connectivity index (χ1n) is 7.52. The molecule has 1 N–H and O–H groups in total. The number of fused-ring (bicyclic) bond motifs is 1. The van der Waals surface area contributed by atoms with E-state index in [1.807, 2.05) is 36.1 Å². The minimum absolute atomic E-state index is 0.0362. The van der Waals surface area contributed by atoms with Gasteiger partial charge in [-0.25, -0.2) is 4.98 Å². The van der Waals surface area contributed by atoms with Crippen molar-refractivity contribution in [3.63, 3.8) is 0 Å². The predicted octanol–water partition coefficient (Wildman–Crippen LogP) is 2.65. The summed E-state index contributed by atoms with van der Waals surface area (Å²) in [5, 5.41) is 0. The molecule has 0 unspecified atom stereocenters. The van der Waals surface area contributed by atoms with Crippen LogP contribution >= 0.6 is 0 Å². The monoisotopic (exact) mass is 287 g/mol. The highest BCUT2D eigenvalue weighted by atomic mass is 16.5. The minimum Gasteiger partial charge on any atom is -0.372 e. The number of rotatable bonds is 4. The van der Waals surface area contributed by atoms with Crippen molar-refractivity contribution in [2.24, 2.45) is 0 Å². The van der Waals surface area contributed by atoms with Crippen LogP contribution in [0.2, 0.25) is 0 Å². The van der Waals surface area contributed by atoms with Crippen molar-refractivity contribution < 1.29 is 9.53 Å². The van der Waals surface area contributed by atoms with E-state index in [4.69, 9.17) is 4.74 Å². The number of likely N-dealkylation sites (tertiary alicyclic amines) is 1. The van der Waals surface area contributed by atoms with Gasteiger partial charge in [-0.3, -0.25) is 4.79 Å². The van der Waals surface area contributed by atoms with Gasteiger partial charge in [0.2, 0.25) is 0 Å². The summed E-state index contributed by atoms with van der Waals surface area (Å²) >= 11 is 0. The van der Waals surface area contributed by atoms with E-state index in [0.717, 1.165) is 36.2 Å². The molecule has 21 heavy (non-hydrogen) atoms. The summed E-state index contributed by atoms with van der Waals surface area (Å²) in [6.45, 7) is 2.75. The SMILES string of the molecule is CC[C@@H](OC)C(=O)N1CCC[C@@H]1c1nc2ccccc2[nH]1. The van der Waals surface area contributed by atoms with Gasteiger partial charge in [-0.05, 0) is 31.4 Å². The lowest BCUT2D eigenvalue weighted by molar-refractivity contribution is -0.143. The van der Waals surface area contributed by atoms with E-state index in [9.17, 15) is 4.79 Å². The van der Waals surface area contributed by atoms with Gasteiger partial charge in [0, 0.05) is 13.7 Å². The van der Waals surface area contributed by atoms with Crippen LogP contribution in [0.15, 0.2) is 24.3 Å². The fraction of sp³-hybridized carbons (Fsp3) is 0.500.